The van der Waals surface area contributed by atoms with E-state index < -0.39 is 30.5 Å². The summed E-state index contributed by atoms with van der Waals surface area (Å²) in [6, 6.07) is -0.822. The highest BCUT2D eigenvalue weighted by molar-refractivity contribution is 5.83. The molecule has 2 aliphatic rings. The van der Waals surface area contributed by atoms with E-state index >= 15 is 0 Å². The maximum atomic E-state index is 12.4. The molecule has 2 fully saturated rings. The van der Waals surface area contributed by atoms with Gasteiger partial charge in [-0.1, -0.05) is 6.42 Å². The summed E-state index contributed by atoms with van der Waals surface area (Å²) in [5.41, 5.74) is -0.263. The predicted molar refractivity (Wildman–Crippen MR) is 54.7 cm³/mol. The monoisotopic (exact) mass is 265 g/mol. The van der Waals surface area contributed by atoms with Gasteiger partial charge in [0, 0.05) is 12.6 Å². The number of carboxylic acids is 1. The number of rotatable bonds is 2. The van der Waals surface area contributed by atoms with E-state index in [0.29, 0.717) is 11.3 Å². The average Bonchev–Trinajstić information content (AvgIpc) is 2.53. The van der Waals surface area contributed by atoms with Gasteiger partial charge >= 0.3 is 18.1 Å². The minimum atomic E-state index is -4.92. The summed E-state index contributed by atoms with van der Waals surface area (Å²) in [4.78, 5) is 22.7. The van der Waals surface area contributed by atoms with Crippen molar-refractivity contribution in [2.75, 3.05) is 6.54 Å². The molecule has 0 bridgehead atoms. The second-order valence-electron chi connectivity index (χ2n) is 5.24. The number of aliphatic carboxylic acids is 1. The van der Waals surface area contributed by atoms with Crippen LogP contribution in [-0.2, 0) is 9.59 Å². The number of amides is 1. The topological polar surface area (TPSA) is 57.6 Å². The molecule has 1 saturated carbocycles. The van der Waals surface area contributed by atoms with Gasteiger partial charge in [0.2, 0.25) is 0 Å². The molecule has 7 heteroatoms. The van der Waals surface area contributed by atoms with Gasteiger partial charge < -0.3 is 10.0 Å². The molecule has 4 nitrogen and oxygen atoms in total. The first-order chi connectivity index (χ1) is 8.23. The van der Waals surface area contributed by atoms with Crippen LogP contribution in [0.15, 0.2) is 0 Å². The molecule has 18 heavy (non-hydrogen) atoms. The maximum Gasteiger partial charge on any atom is 0.471 e. The Labute approximate surface area is 102 Å². The molecule has 0 aromatic carbocycles. The largest absolute Gasteiger partial charge is 0.481 e. The fraction of sp³-hybridized carbons (Fsp3) is 0.818. The third-order valence-electron chi connectivity index (χ3n) is 3.94. The van der Waals surface area contributed by atoms with Gasteiger partial charge in [0.05, 0.1) is 6.42 Å². The summed E-state index contributed by atoms with van der Waals surface area (Å²) >= 11 is 0. The molecular weight excluding hydrogens is 251 g/mol. The number of hydrogen-bond acceptors (Lipinski definition) is 2. The molecule has 1 aliphatic carbocycles. The normalized spacial score (nSPS) is 26.2. The number of nitrogens with zero attached hydrogens (tertiary/aromatic N) is 1. The van der Waals surface area contributed by atoms with Crippen LogP contribution < -0.4 is 0 Å². The van der Waals surface area contributed by atoms with Gasteiger partial charge in [0.15, 0.2) is 0 Å². The standard InChI is InChI=1S/C11H14F3NO3/c12-11(13,14)9(18)15-6-10(2-1-3-10)5-7(15)4-8(16)17/h7H,1-6H2,(H,16,17). The fourth-order valence-corrected chi connectivity index (χ4v) is 2.99. The smallest absolute Gasteiger partial charge is 0.471 e. The van der Waals surface area contributed by atoms with Gasteiger partial charge in [-0.15, -0.1) is 0 Å². The van der Waals surface area contributed by atoms with Crippen LogP contribution in [0.3, 0.4) is 0 Å². The van der Waals surface area contributed by atoms with E-state index in [1.54, 1.807) is 0 Å². The average molecular weight is 265 g/mol. The highest BCUT2D eigenvalue weighted by Gasteiger charge is 2.54. The zero-order chi connectivity index (χ0) is 13.6. The Morgan fingerprint density at radius 2 is 1.94 bits per heavy atom. The predicted octanol–water partition coefficient (Wildman–Crippen LogP) is 1.79. The number of carbonyl (C=O) groups is 2. The Kier molecular flexibility index (Phi) is 3.03. The summed E-state index contributed by atoms with van der Waals surface area (Å²) < 4.78 is 37.3. The molecule has 1 N–H and O–H groups in total. The van der Waals surface area contributed by atoms with Crippen LogP contribution in [-0.4, -0.2) is 40.6 Å². The van der Waals surface area contributed by atoms with E-state index in [0.717, 1.165) is 19.3 Å². The van der Waals surface area contributed by atoms with Gasteiger partial charge in [-0.3, -0.25) is 9.59 Å². The summed E-state index contributed by atoms with van der Waals surface area (Å²) in [6.45, 7) is 0.0449. The Hall–Kier alpha value is -1.27. The molecule has 1 heterocycles. The van der Waals surface area contributed by atoms with E-state index in [1.165, 1.54) is 0 Å². The maximum absolute atomic E-state index is 12.4. The molecule has 1 saturated heterocycles. The van der Waals surface area contributed by atoms with Gasteiger partial charge in [0.25, 0.3) is 0 Å². The van der Waals surface area contributed by atoms with Crippen LogP contribution in [0, 0.1) is 5.41 Å². The Morgan fingerprint density at radius 3 is 2.33 bits per heavy atom. The third kappa shape index (κ3) is 2.30. The zero-order valence-corrected chi connectivity index (χ0v) is 9.66. The summed E-state index contributed by atoms with van der Waals surface area (Å²) in [5, 5.41) is 8.72. The number of halogens is 3. The molecule has 1 aliphatic heterocycles. The Morgan fingerprint density at radius 1 is 1.33 bits per heavy atom. The Balaban J connectivity index is 2.15. The van der Waals surface area contributed by atoms with Crippen LogP contribution in [0.4, 0.5) is 13.2 Å². The lowest BCUT2D eigenvalue weighted by molar-refractivity contribution is -0.187. The van der Waals surface area contributed by atoms with Crippen molar-refractivity contribution in [2.24, 2.45) is 5.41 Å². The van der Waals surface area contributed by atoms with Crippen molar-refractivity contribution in [1.82, 2.24) is 4.90 Å². The highest BCUT2D eigenvalue weighted by Crippen LogP contribution is 2.51. The lowest BCUT2D eigenvalue weighted by atomic mass is 9.67. The van der Waals surface area contributed by atoms with Crippen LogP contribution in [0.2, 0.25) is 0 Å². The number of hydrogen-bond donors (Lipinski definition) is 1. The quantitative estimate of drug-likeness (QED) is 0.828. The first kappa shape index (κ1) is 13.2. The molecular formula is C11H14F3NO3. The Bertz CT molecular complexity index is 376. The summed E-state index contributed by atoms with van der Waals surface area (Å²) in [5.74, 6) is -3.08. The molecule has 102 valence electrons. The van der Waals surface area contributed by atoms with Crippen molar-refractivity contribution >= 4 is 11.9 Å². The second-order valence-corrected chi connectivity index (χ2v) is 5.24. The molecule has 1 atom stereocenters. The molecule has 1 amide bonds. The number of alkyl halides is 3. The SMILES string of the molecule is O=C(O)CC1CC2(CCC2)CN1C(=O)C(F)(F)F. The summed E-state index contributed by atoms with van der Waals surface area (Å²) in [7, 11) is 0. The van der Waals surface area contributed by atoms with Crippen molar-refractivity contribution in [2.45, 2.75) is 44.3 Å². The first-order valence-electron chi connectivity index (χ1n) is 5.83. The van der Waals surface area contributed by atoms with Crippen LogP contribution in [0.5, 0.6) is 0 Å². The molecule has 0 aromatic rings. The minimum Gasteiger partial charge on any atom is -0.481 e. The third-order valence-corrected chi connectivity index (χ3v) is 3.94. The van der Waals surface area contributed by atoms with Crippen molar-refractivity contribution in [1.29, 1.82) is 0 Å². The lowest BCUT2D eigenvalue weighted by Gasteiger charge is -2.37. The van der Waals surface area contributed by atoms with E-state index in [2.05, 4.69) is 0 Å². The number of carboxylic acid groups (broad SMARTS) is 1. The van der Waals surface area contributed by atoms with Crippen molar-refractivity contribution in [3.05, 3.63) is 0 Å². The van der Waals surface area contributed by atoms with Gasteiger partial charge in [0.1, 0.15) is 0 Å². The highest BCUT2D eigenvalue weighted by atomic mass is 19.4. The van der Waals surface area contributed by atoms with E-state index in [9.17, 15) is 22.8 Å². The van der Waals surface area contributed by atoms with Crippen LogP contribution in [0.25, 0.3) is 0 Å². The minimum absolute atomic E-state index is 0.0449. The van der Waals surface area contributed by atoms with Crippen LogP contribution >= 0.6 is 0 Å². The van der Waals surface area contributed by atoms with Crippen molar-refractivity contribution in [3.63, 3.8) is 0 Å². The molecule has 0 aromatic heterocycles. The molecule has 1 spiro atoms. The second kappa shape index (κ2) is 4.13. The lowest BCUT2D eigenvalue weighted by Crippen LogP contribution is -2.45. The molecule has 2 rings (SSSR count). The van der Waals surface area contributed by atoms with Crippen LogP contribution in [0.1, 0.15) is 32.1 Å². The summed E-state index contributed by atoms with van der Waals surface area (Å²) in [6.07, 6.45) is -2.46. The number of likely N-dealkylation sites (tertiary alicyclic amines) is 1. The van der Waals surface area contributed by atoms with E-state index in [1.807, 2.05) is 0 Å². The fourth-order valence-electron chi connectivity index (χ4n) is 2.99. The molecule has 1 unspecified atom stereocenters. The molecule has 0 radical (unpaired) electrons. The van der Waals surface area contributed by atoms with Gasteiger partial charge in [-0.2, -0.15) is 13.2 Å². The van der Waals surface area contributed by atoms with Crippen molar-refractivity contribution in [3.8, 4) is 0 Å². The zero-order valence-electron chi connectivity index (χ0n) is 9.66. The van der Waals surface area contributed by atoms with Gasteiger partial charge in [-0.25, -0.2) is 0 Å². The first-order valence-corrected chi connectivity index (χ1v) is 5.83. The van der Waals surface area contributed by atoms with Crippen molar-refractivity contribution < 1.29 is 27.9 Å². The van der Waals surface area contributed by atoms with E-state index in [4.69, 9.17) is 5.11 Å². The van der Waals surface area contributed by atoms with E-state index in [-0.39, 0.29) is 12.0 Å². The number of carbonyl (C=O) groups excluding carboxylic acids is 1. The van der Waals surface area contributed by atoms with Gasteiger partial charge in [-0.05, 0) is 24.7 Å².